The highest BCUT2D eigenvalue weighted by atomic mass is 32.1. The van der Waals surface area contributed by atoms with Crippen molar-refractivity contribution in [2.45, 2.75) is 6.54 Å². The maximum Gasteiger partial charge on any atom is 0.253 e. The lowest BCUT2D eigenvalue weighted by molar-refractivity contribution is 0.0951. The van der Waals surface area contributed by atoms with Gasteiger partial charge in [0.25, 0.3) is 5.91 Å². The van der Waals surface area contributed by atoms with E-state index in [1.807, 2.05) is 18.2 Å². The first-order chi connectivity index (χ1) is 10.3. The van der Waals surface area contributed by atoms with Crippen LogP contribution in [0, 0.1) is 0 Å². The summed E-state index contributed by atoms with van der Waals surface area (Å²) >= 11 is 1.69. The van der Waals surface area contributed by atoms with Crippen molar-refractivity contribution in [3.05, 3.63) is 77.4 Å². The van der Waals surface area contributed by atoms with Crippen molar-refractivity contribution in [3.63, 3.8) is 0 Å². The lowest BCUT2D eigenvalue weighted by atomic mass is 10.2. The number of pyridine rings is 1. The van der Waals surface area contributed by atoms with Gasteiger partial charge in [0.05, 0.1) is 12.1 Å². The van der Waals surface area contributed by atoms with Gasteiger partial charge in [-0.2, -0.15) is 0 Å². The molecule has 0 bridgehead atoms. The Labute approximate surface area is 127 Å². The van der Waals surface area contributed by atoms with Gasteiger partial charge < -0.3 is 5.32 Å². The number of carbonyl (C=O) groups excluding carboxylic acids is 1. The first-order valence-electron chi connectivity index (χ1n) is 6.65. The van der Waals surface area contributed by atoms with Crippen molar-refractivity contribution in [1.29, 1.82) is 0 Å². The third kappa shape index (κ3) is 3.35. The van der Waals surface area contributed by atoms with E-state index in [1.54, 1.807) is 35.9 Å². The number of hydrogen-bond donors (Lipinski definition) is 1. The molecule has 0 saturated carbocycles. The minimum Gasteiger partial charge on any atom is -0.347 e. The van der Waals surface area contributed by atoms with Crippen LogP contribution in [0.3, 0.4) is 0 Å². The molecule has 2 aromatic heterocycles. The normalized spacial score (nSPS) is 10.3. The molecule has 104 valence electrons. The zero-order valence-electron chi connectivity index (χ0n) is 11.3. The topological polar surface area (TPSA) is 42.0 Å². The Morgan fingerprint density at radius 2 is 1.90 bits per heavy atom. The molecule has 1 amide bonds. The van der Waals surface area contributed by atoms with Gasteiger partial charge in [0.1, 0.15) is 0 Å². The lowest BCUT2D eigenvalue weighted by Gasteiger charge is -2.02. The molecule has 3 aromatic rings. The van der Waals surface area contributed by atoms with Crippen molar-refractivity contribution in [2.24, 2.45) is 0 Å². The molecule has 0 aliphatic rings. The van der Waals surface area contributed by atoms with Crippen LogP contribution in [-0.2, 0) is 6.54 Å². The Hall–Kier alpha value is -2.46. The van der Waals surface area contributed by atoms with Crippen LogP contribution in [0.1, 0.15) is 15.2 Å². The second kappa shape index (κ2) is 6.33. The van der Waals surface area contributed by atoms with E-state index in [-0.39, 0.29) is 5.91 Å². The Morgan fingerprint density at radius 1 is 1.05 bits per heavy atom. The Morgan fingerprint density at radius 3 is 2.67 bits per heavy atom. The summed E-state index contributed by atoms with van der Waals surface area (Å²) in [5, 5.41) is 2.91. The molecule has 2 heterocycles. The summed E-state index contributed by atoms with van der Waals surface area (Å²) in [7, 11) is 0. The van der Waals surface area contributed by atoms with Crippen LogP contribution < -0.4 is 5.32 Å². The largest absolute Gasteiger partial charge is 0.347 e. The summed E-state index contributed by atoms with van der Waals surface area (Å²) in [6, 6.07) is 17.9. The van der Waals surface area contributed by atoms with Crippen LogP contribution in [0.4, 0.5) is 0 Å². The van der Waals surface area contributed by atoms with E-state index >= 15 is 0 Å². The number of carbonyl (C=O) groups is 1. The Kier molecular flexibility index (Phi) is 4.07. The monoisotopic (exact) mass is 294 g/mol. The number of rotatable bonds is 4. The maximum absolute atomic E-state index is 11.9. The molecular formula is C17H14N2OS. The third-order valence-corrected chi connectivity index (χ3v) is 4.20. The Balaban J connectivity index is 1.64. The minimum absolute atomic E-state index is 0.0993. The fraction of sp³-hybridized carbons (Fsp3) is 0.0588. The Bertz CT molecular complexity index is 723. The number of thiophene rings is 1. The number of benzene rings is 1. The van der Waals surface area contributed by atoms with Gasteiger partial charge in [-0.15, -0.1) is 11.3 Å². The van der Waals surface area contributed by atoms with Crippen LogP contribution in [0.15, 0.2) is 67.0 Å². The van der Waals surface area contributed by atoms with E-state index in [0.29, 0.717) is 12.1 Å². The second-order valence-electron chi connectivity index (χ2n) is 4.56. The van der Waals surface area contributed by atoms with Crippen LogP contribution in [0.5, 0.6) is 0 Å². The first kappa shape index (κ1) is 13.5. The van der Waals surface area contributed by atoms with Gasteiger partial charge in [-0.1, -0.05) is 30.3 Å². The molecule has 0 aliphatic carbocycles. The zero-order chi connectivity index (χ0) is 14.5. The van der Waals surface area contributed by atoms with Gasteiger partial charge in [0, 0.05) is 22.1 Å². The molecule has 0 radical (unpaired) electrons. The molecule has 4 heteroatoms. The molecule has 0 unspecified atom stereocenters. The highest BCUT2D eigenvalue weighted by molar-refractivity contribution is 7.15. The quantitative estimate of drug-likeness (QED) is 0.796. The van der Waals surface area contributed by atoms with E-state index in [4.69, 9.17) is 0 Å². The number of nitrogens with zero attached hydrogens (tertiary/aromatic N) is 1. The smallest absolute Gasteiger partial charge is 0.253 e. The average molecular weight is 294 g/mol. The number of aromatic nitrogens is 1. The van der Waals surface area contributed by atoms with Gasteiger partial charge in [-0.3, -0.25) is 9.78 Å². The number of hydrogen-bond acceptors (Lipinski definition) is 3. The molecule has 0 spiro atoms. The fourth-order valence-corrected chi connectivity index (χ4v) is 2.95. The van der Waals surface area contributed by atoms with Crippen molar-refractivity contribution in [2.75, 3.05) is 0 Å². The van der Waals surface area contributed by atoms with Crippen LogP contribution in [0.25, 0.3) is 10.4 Å². The SMILES string of the molecule is O=C(NCc1ccc(-c2ccccc2)s1)c1cccnc1. The summed E-state index contributed by atoms with van der Waals surface area (Å²) in [5.41, 5.74) is 1.78. The van der Waals surface area contributed by atoms with Crippen molar-refractivity contribution < 1.29 is 4.79 Å². The van der Waals surface area contributed by atoms with Gasteiger partial charge >= 0.3 is 0 Å². The molecule has 1 N–H and O–H groups in total. The molecule has 0 aliphatic heterocycles. The molecule has 1 aromatic carbocycles. The van der Waals surface area contributed by atoms with E-state index in [1.165, 1.54) is 10.4 Å². The average Bonchev–Trinajstić information content (AvgIpc) is 3.03. The molecular weight excluding hydrogens is 280 g/mol. The lowest BCUT2D eigenvalue weighted by Crippen LogP contribution is -2.22. The van der Waals surface area contributed by atoms with E-state index in [9.17, 15) is 4.79 Å². The molecule has 0 atom stereocenters. The van der Waals surface area contributed by atoms with E-state index in [2.05, 4.69) is 34.6 Å². The second-order valence-corrected chi connectivity index (χ2v) is 5.72. The van der Waals surface area contributed by atoms with E-state index < -0.39 is 0 Å². The first-order valence-corrected chi connectivity index (χ1v) is 7.47. The van der Waals surface area contributed by atoms with Crippen LogP contribution >= 0.6 is 11.3 Å². The summed E-state index contributed by atoms with van der Waals surface area (Å²) < 4.78 is 0. The molecule has 3 rings (SSSR count). The predicted octanol–water partition coefficient (Wildman–Crippen LogP) is 3.74. The summed E-state index contributed by atoms with van der Waals surface area (Å²) in [6.45, 7) is 0.533. The molecule has 3 nitrogen and oxygen atoms in total. The van der Waals surface area contributed by atoms with Crippen molar-refractivity contribution >= 4 is 17.2 Å². The summed E-state index contributed by atoms with van der Waals surface area (Å²) in [5.74, 6) is -0.0993. The van der Waals surface area contributed by atoms with Gasteiger partial charge in [0.15, 0.2) is 0 Å². The number of nitrogens with one attached hydrogen (secondary N) is 1. The molecule has 0 saturated heterocycles. The summed E-state index contributed by atoms with van der Waals surface area (Å²) in [4.78, 5) is 18.2. The van der Waals surface area contributed by atoms with Gasteiger partial charge in [0.2, 0.25) is 0 Å². The predicted molar refractivity (Wildman–Crippen MR) is 85.2 cm³/mol. The van der Waals surface area contributed by atoms with Crippen molar-refractivity contribution in [3.8, 4) is 10.4 Å². The highest BCUT2D eigenvalue weighted by Gasteiger charge is 2.06. The van der Waals surface area contributed by atoms with Crippen molar-refractivity contribution in [1.82, 2.24) is 10.3 Å². The maximum atomic E-state index is 11.9. The van der Waals surface area contributed by atoms with Crippen LogP contribution in [0.2, 0.25) is 0 Å². The highest BCUT2D eigenvalue weighted by Crippen LogP contribution is 2.27. The fourth-order valence-electron chi connectivity index (χ4n) is 2.00. The van der Waals surface area contributed by atoms with Crippen LogP contribution in [-0.4, -0.2) is 10.9 Å². The van der Waals surface area contributed by atoms with Gasteiger partial charge in [-0.25, -0.2) is 0 Å². The van der Waals surface area contributed by atoms with E-state index in [0.717, 1.165) is 4.88 Å². The molecule has 0 fully saturated rings. The standard InChI is InChI=1S/C17H14N2OS/c20-17(14-7-4-10-18-11-14)19-12-15-8-9-16(21-15)13-5-2-1-3-6-13/h1-11H,12H2,(H,19,20). The molecule has 21 heavy (non-hydrogen) atoms. The third-order valence-electron chi connectivity index (χ3n) is 3.07. The number of amides is 1. The zero-order valence-corrected chi connectivity index (χ0v) is 12.1. The van der Waals surface area contributed by atoms with Gasteiger partial charge in [-0.05, 0) is 29.8 Å². The summed E-state index contributed by atoms with van der Waals surface area (Å²) in [6.07, 6.45) is 3.22. The minimum atomic E-state index is -0.0993.